The highest BCUT2D eigenvalue weighted by atomic mass is 35.5. The minimum atomic E-state index is 0.519. The van der Waals surface area contributed by atoms with E-state index in [0.717, 1.165) is 22.2 Å². The molecule has 27 heavy (non-hydrogen) atoms. The number of nitrogens with zero attached hydrogens (tertiary/aromatic N) is 5. The number of aromatic nitrogens is 5. The lowest BCUT2D eigenvalue weighted by atomic mass is 10.2. The Morgan fingerprint density at radius 2 is 1.74 bits per heavy atom. The van der Waals surface area contributed by atoms with Gasteiger partial charge in [-0.3, -0.25) is 4.57 Å². The standard InChI is InChI=1S/C19H16ClN5OS/c1-12-3-9-16(10-4-12)25-18(14-5-7-15(20)8-6-14)22-23-19(25)27-11-17-21-13(2)24-26-17/h3-10H,11H2,1-2H3. The van der Waals surface area contributed by atoms with Gasteiger partial charge in [0.2, 0.25) is 5.89 Å². The van der Waals surface area contributed by atoms with E-state index in [4.69, 9.17) is 16.1 Å². The van der Waals surface area contributed by atoms with E-state index in [9.17, 15) is 0 Å². The van der Waals surface area contributed by atoms with E-state index in [-0.39, 0.29) is 0 Å². The number of aryl methyl sites for hydroxylation is 2. The van der Waals surface area contributed by atoms with Gasteiger partial charge >= 0.3 is 0 Å². The largest absolute Gasteiger partial charge is 0.338 e. The number of halogens is 1. The average molecular weight is 398 g/mol. The summed E-state index contributed by atoms with van der Waals surface area (Å²) in [6.45, 7) is 3.86. The molecule has 0 amide bonds. The zero-order chi connectivity index (χ0) is 18.8. The Morgan fingerprint density at radius 1 is 1.00 bits per heavy atom. The summed E-state index contributed by atoms with van der Waals surface area (Å²) < 4.78 is 7.22. The molecule has 2 aromatic carbocycles. The van der Waals surface area contributed by atoms with Gasteiger partial charge in [0.1, 0.15) is 0 Å². The van der Waals surface area contributed by atoms with Crippen molar-refractivity contribution in [3.63, 3.8) is 0 Å². The van der Waals surface area contributed by atoms with Crippen molar-refractivity contribution in [2.24, 2.45) is 0 Å². The first-order chi connectivity index (χ1) is 13.1. The SMILES string of the molecule is Cc1ccc(-n2c(SCc3nc(C)no3)nnc2-c2ccc(Cl)cc2)cc1. The quantitative estimate of drug-likeness (QED) is 0.447. The van der Waals surface area contributed by atoms with Crippen LogP contribution in [0.25, 0.3) is 17.1 Å². The van der Waals surface area contributed by atoms with Gasteiger partial charge in [0.25, 0.3) is 0 Å². The lowest BCUT2D eigenvalue weighted by Crippen LogP contribution is -2.00. The van der Waals surface area contributed by atoms with E-state index >= 15 is 0 Å². The summed E-state index contributed by atoms with van der Waals surface area (Å²) in [5.74, 6) is 2.45. The lowest BCUT2D eigenvalue weighted by Gasteiger charge is -2.10. The highest BCUT2D eigenvalue weighted by Gasteiger charge is 2.17. The summed E-state index contributed by atoms with van der Waals surface area (Å²) in [5, 5.41) is 14.1. The molecule has 136 valence electrons. The molecule has 0 bridgehead atoms. The Labute approximate surface area is 165 Å². The van der Waals surface area contributed by atoms with Crippen molar-refractivity contribution in [3.05, 3.63) is 70.8 Å². The van der Waals surface area contributed by atoms with Crippen molar-refractivity contribution in [3.8, 4) is 17.1 Å². The van der Waals surface area contributed by atoms with Crippen LogP contribution >= 0.6 is 23.4 Å². The molecule has 0 saturated carbocycles. The monoisotopic (exact) mass is 397 g/mol. The normalized spacial score (nSPS) is 11.1. The molecule has 0 aliphatic carbocycles. The van der Waals surface area contributed by atoms with E-state index in [1.807, 2.05) is 28.8 Å². The molecule has 2 heterocycles. The fourth-order valence-corrected chi connectivity index (χ4v) is 3.52. The zero-order valence-electron chi connectivity index (χ0n) is 14.8. The summed E-state index contributed by atoms with van der Waals surface area (Å²) >= 11 is 7.53. The minimum absolute atomic E-state index is 0.519. The second kappa shape index (κ2) is 7.54. The van der Waals surface area contributed by atoms with Gasteiger partial charge in [-0.2, -0.15) is 4.98 Å². The van der Waals surface area contributed by atoms with Crippen LogP contribution in [0.1, 0.15) is 17.3 Å². The molecule has 0 atom stereocenters. The maximum Gasteiger partial charge on any atom is 0.237 e. The van der Waals surface area contributed by atoms with Crippen molar-refractivity contribution in [1.29, 1.82) is 0 Å². The third-order valence-electron chi connectivity index (χ3n) is 3.92. The van der Waals surface area contributed by atoms with E-state index < -0.39 is 0 Å². The summed E-state index contributed by atoms with van der Waals surface area (Å²) in [7, 11) is 0. The Balaban J connectivity index is 1.74. The van der Waals surface area contributed by atoms with Crippen molar-refractivity contribution in [2.75, 3.05) is 0 Å². The Kier molecular flexibility index (Phi) is 4.96. The Bertz CT molecular complexity index is 1060. The van der Waals surface area contributed by atoms with Crippen LogP contribution in [0.2, 0.25) is 5.02 Å². The van der Waals surface area contributed by atoms with Crippen LogP contribution in [-0.2, 0) is 5.75 Å². The third-order valence-corrected chi connectivity index (χ3v) is 5.09. The topological polar surface area (TPSA) is 69.6 Å². The summed E-state index contributed by atoms with van der Waals surface area (Å²) in [6.07, 6.45) is 0. The fourth-order valence-electron chi connectivity index (χ4n) is 2.60. The van der Waals surface area contributed by atoms with Gasteiger partial charge in [0.05, 0.1) is 5.75 Å². The lowest BCUT2D eigenvalue weighted by molar-refractivity contribution is 0.387. The molecule has 0 spiro atoms. The van der Waals surface area contributed by atoms with Crippen LogP contribution in [0.3, 0.4) is 0 Å². The fraction of sp³-hybridized carbons (Fsp3) is 0.158. The molecule has 8 heteroatoms. The van der Waals surface area contributed by atoms with E-state index in [2.05, 4.69) is 51.5 Å². The van der Waals surface area contributed by atoms with Gasteiger partial charge in [0, 0.05) is 16.3 Å². The molecule has 6 nitrogen and oxygen atoms in total. The van der Waals surface area contributed by atoms with E-state index in [1.54, 1.807) is 6.92 Å². The molecule has 0 N–H and O–H groups in total. The molecule has 0 fully saturated rings. The summed E-state index contributed by atoms with van der Waals surface area (Å²) in [6, 6.07) is 15.8. The zero-order valence-corrected chi connectivity index (χ0v) is 16.3. The molecule has 0 saturated heterocycles. The number of thioether (sulfide) groups is 1. The number of hydrogen-bond donors (Lipinski definition) is 0. The maximum absolute atomic E-state index is 6.03. The van der Waals surface area contributed by atoms with Crippen LogP contribution in [0.5, 0.6) is 0 Å². The van der Waals surface area contributed by atoms with Crippen LogP contribution < -0.4 is 0 Å². The Morgan fingerprint density at radius 3 is 2.41 bits per heavy atom. The molecule has 2 aromatic heterocycles. The second-order valence-electron chi connectivity index (χ2n) is 6.01. The minimum Gasteiger partial charge on any atom is -0.338 e. The molecule has 0 aliphatic rings. The molecular weight excluding hydrogens is 382 g/mol. The molecule has 4 aromatic rings. The van der Waals surface area contributed by atoms with Gasteiger partial charge in [-0.15, -0.1) is 10.2 Å². The van der Waals surface area contributed by atoms with Gasteiger partial charge in [-0.05, 0) is 50.2 Å². The van der Waals surface area contributed by atoms with Gasteiger partial charge in [-0.25, -0.2) is 0 Å². The summed E-state index contributed by atoms with van der Waals surface area (Å²) in [5.41, 5.74) is 3.11. The predicted octanol–water partition coefficient (Wildman–Crippen LogP) is 4.88. The van der Waals surface area contributed by atoms with E-state index in [0.29, 0.717) is 22.5 Å². The van der Waals surface area contributed by atoms with Crippen molar-refractivity contribution < 1.29 is 4.52 Å². The van der Waals surface area contributed by atoms with Crippen molar-refractivity contribution in [1.82, 2.24) is 24.9 Å². The summed E-state index contributed by atoms with van der Waals surface area (Å²) in [4.78, 5) is 4.24. The van der Waals surface area contributed by atoms with Gasteiger partial charge in [0.15, 0.2) is 16.8 Å². The average Bonchev–Trinajstić information content (AvgIpc) is 3.27. The first kappa shape index (κ1) is 17.8. The van der Waals surface area contributed by atoms with E-state index in [1.165, 1.54) is 17.3 Å². The number of benzene rings is 2. The predicted molar refractivity (Wildman–Crippen MR) is 105 cm³/mol. The molecular formula is C19H16ClN5OS. The molecule has 0 unspecified atom stereocenters. The van der Waals surface area contributed by atoms with Crippen molar-refractivity contribution in [2.45, 2.75) is 24.8 Å². The van der Waals surface area contributed by atoms with Gasteiger partial charge < -0.3 is 4.52 Å². The molecule has 0 radical (unpaired) electrons. The molecule has 4 rings (SSSR count). The maximum atomic E-state index is 6.03. The third kappa shape index (κ3) is 3.89. The van der Waals surface area contributed by atoms with Crippen LogP contribution in [0.4, 0.5) is 0 Å². The highest BCUT2D eigenvalue weighted by molar-refractivity contribution is 7.98. The first-order valence-corrected chi connectivity index (χ1v) is 9.67. The second-order valence-corrected chi connectivity index (χ2v) is 7.39. The number of rotatable bonds is 5. The van der Waals surface area contributed by atoms with Crippen LogP contribution in [-0.4, -0.2) is 24.9 Å². The van der Waals surface area contributed by atoms with Crippen LogP contribution in [0, 0.1) is 13.8 Å². The first-order valence-electron chi connectivity index (χ1n) is 8.30. The van der Waals surface area contributed by atoms with Crippen LogP contribution in [0.15, 0.2) is 58.2 Å². The van der Waals surface area contributed by atoms with Gasteiger partial charge in [-0.1, -0.05) is 46.2 Å². The van der Waals surface area contributed by atoms with Crippen molar-refractivity contribution >= 4 is 23.4 Å². The smallest absolute Gasteiger partial charge is 0.237 e. The molecule has 0 aliphatic heterocycles. The Hall–Kier alpha value is -2.64. The highest BCUT2D eigenvalue weighted by Crippen LogP contribution is 2.30. The number of hydrogen-bond acceptors (Lipinski definition) is 6.